The molecule has 0 radical (unpaired) electrons. The maximum absolute atomic E-state index is 15.6. The van der Waals surface area contributed by atoms with Crippen LogP contribution in [0.1, 0.15) is 55.1 Å². The second kappa shape index (κ2) is 12.7. The van der Waals surface area contributed by atoms with Crippen molar-refractivity contribution in [1.29, 1.82) is 0 Å². The van der Waals surface area contributed by atoms with Crippen molar-refractivity contribution in [2.75, 3.05) is 6.54 Å². The van der Waals surface area contributed by atoms with Crippen molar-refractivity contribution in [3.05, 3.63) is 131 Å². The van der Waals surface area contributed by atoms with Crippen molar-refractivity contribution in [3.63, 3.8) is 0 Å². The highest BCUT2D eigenvalue weighted by Crippen LogP contribution is 2.76. The van der Waals surface area contributed by atoms with Crippen molar-refractivity contribution in [1.82, 2.24) is 4.44 Å². The van der Waals surface area contributed by atoms with E-state index in [9.17, 15) is 8.78 Å². The summed E-state index contributed by atoms with van der Waals surface area (Å²) in [7, 11) is -2.96. The third-order valence-electron chi connectivity index (χ3n) is 7.25. The van der Waals surface area contributed by atoms with Crippen LogP contribution in [0, 0.1) is 23.3 Å². The molecule has 0 spiro atoms. The molecule has 2 unspecified atom stereocenters. The molecule has 4 aromatic carbocycles. The van der Waals surface area contributed by atoms with Crippen LogP contribution in [0.4, 0.5) is 17.6 Å². The third kappa shape index (κ3) is 5.82. The second-order valence-corrected chi connectivity index (χ2v) is 14.6. The number of hydrogen-bond acceptors (Lipinski definition) is 1. The van der Waals surface area contributed by atoms with Gasteiger partial charge in [-0.15, -0.1) is 0 Å². The lowest BCUT2D eigenvalue weighted by atomic mass is 10.0. The van der Waals surface area contributed by atoms with Gasteiger partial charge in [0.05, 0.1) is 0 Å². The van der Waals surface area contributed by atoms with Gasteiger partial charge in [0.25, 0.3) is 0 Å². The topological polar surface area (TPSA) is 3.24 Å². The summed E-state index contributed by atoms with van der Waals surface area (Å²) >= 11 is 0. The van der Waals surface area contributed by atoms with Gasteiger partial charge in [0.15, 0.2) is 23.3 Å². The molecule has 1 saturated heterocycles. The Kier molecular flexibility index (Phi) is 9.13. The molecule has 0 bridgehead atoms. The maximum atomic E-state index is 15.6. The first kappa shape index (κ1) is 28.0. The van der Waals surface area contributed by atoms with E-state index in [0.717, 1.165) is 37.8 Å². The molecule has 39 heavy (non-hydrogen) atoms. The van der Waals surface area contributed by atoms with Crippen LogP contribution in [0.2, 0.25) is 0 Å². The first-order valence-electron chi connectivity index (χ1n) is 13.3. The Balaban J connectivity index is 1.74. The van der Waals surface area contributed by atoms with E-state index < -0.39 is 39.4 Å². The Morgan fingerprint density at radius 3 is 1.56 bits per heavy atom. The largest absolute Gasteiger partial charge is 0.251 e. The van der Waals surface area contributed by atoms with Crippen LogP contribution in [-0.2, 0) is 0 Å². The molecule has 1 fully saturated rings. The van der Waals surface area contributed by atoms with Crippen LogP contribution in [0.15, 0.2) is 97.1 Å². The van der Waals surface area contributed by atoms with E-state index in [2.05, 4.69) is 35.6 Å². The fraction of sp³-hybridized carbons (Fsp3) is 0.250. The summed E-state index contributed by atoms with van der Waals surface area (Å²) in [6.07, 6.45) is 3.54. The highest BCUT2D eigenvalue weighted by molar-refractivity contribution is 7.79. The van der Waals surface area contributed by atoms with Crippen molar-refractivity contribution in [2.24, 2.45) is 0 Å². The van der Waals surface area contributed by atoms with Crippen LogP contribution in [0.3, 0.4) is 0 Å². The minimum Gasteiger partial charge on any atom is -0.251 e. The van der Waals surface area contributed by atoms with Crippen molar-refractivity contribution < 1.29 is 17.6 Å². The fourth-order valence-electron chi connectivity index (χ4n) is 5.42. The van der Waals surface area contributed by atoms with Crippen LogP contribution < -0.4 is 10.6 Å². The number of hydrogen-bond donors (Lipinski definition) is 0. The maximum Gasteiger partial charge on any atom is 0.168 e. The third-order valence-corrected chi connectivity index (χ3v) is 13.8. The van der Waals surface area contributed by atoms with Gasteiger partial charge in [-0.2, -0.15) is 0 Å². The predicted octanol–water partition coefficient (Wildman–Crippen LogP) is 9.37. The number of rotatable bonds is 9. The van der Waals surface area contributed by atoms with Crippen LogP contribution in [-0.4, -0.2) is 11.0 Å². The van der Waals surface area contributed by atoms with Crippen LogP contribution in [0.5, 0.6) is 0 Å². The number of benzene rings is 4. The fourth-order valence-corrected chi connectivity index (χ4v) is 12.9. The molecule has 0 saturated carbocycles. The Labute approximate surface area is 230 Å². The van der Waals surface area contributed by atoms with Gasteiger partial charge in [-0.05, 0) is 62.7 Å². The first-order valence-corrected chi connectivity index (χ1v) is 16.1. The molecule has 0 N–H and O–H groups in total. The molecule has 3 atom stereocenters. The van der Waals surface area contributed by atoms with E-state index in [1.807, 2.05) is 36.4 Å². The summed E-state index contributed by atoms with van der Waals surface area (Å²) < 4.78 is 62.8. The smallest absolute Gasteiger partial charge is 0.168 e. The monoisotopic (exact) mass is 567 g/mol. The van der Waals surface area contributed by atoms with E-state index in [4.69, 9.17) is 0 Å². The highest BCUT2D eigenvalue weighted by atomic mass is 31.2. The van der Waals surface area contributed by atoms with Crippen molar-refractivity contribution in [2.45, 2.75) is 43.9 Å². The summed E-state index contributed by atoms with van der Waals surface area (Å²) in [5, 5.41) is 0.192. The van der Waals surface area contributed by atoms with Gasteiger partial charge >= 0.3 is 0 Å². The molecule has 1 heterocycles. The molecule has 1 aliphatic rings. The average Bonchev–Trinajstić information content (AvgIpc) is 3.41. The van der Waals surface area contributed by atoms with Gasteiger partial charge in [-0.25, -0.2) is 17.6 Å². The first-order chi connectivity index (χ1) is 19.0. The molecule has 4 aromatic rings. The average molecular weight is 568 g/mol. The van der Waals surface area contributed by atoms with Gasteiger partial charge < -0.3 is 0 Å². The molecule has 5 rings (SSSR count). The zero-order chi connectivity index (χ0) is 27.4. The minimum absolute atomic E-state index is 0.0960. The number of halogens is 4. The van der Waals surface area contributed by atoms with Crippen molar-refractivity contribution in [3.8, 4) is 0 Å². The van der Waals surface area contributed by atoms with E-state index in [1.54, 1.807) is 0 Å². The van der Waals surface area contributed by atoms with Gasteiger partial charge in [-0.3, -0.25) is 4.44 Å². The van der Waals surface area contributed by atoms with E-state index in [0.29, 0.717) is 6.54 Å². The predicted molar refractivity (Wildman–Crippen MR) is 155 cm³/mol. The molecule has 0 amide bonds. The molecule has 7 heteroatoms. The SMILES string of the molecule is CCCCN(P(c1cccc(F)c1F)c1cccc(F)c1F)P1C(c2ccccc2)CC[C@H]1c1ccccc1. The summed E-state index contributed by atoms with van der Waals surface area (Å²) in [6.45, 7) is 2.66. The molecule has 1 nitrogen and oxygen atoms in total. The molecule has 1 aliphatic heterocycles. The van der Waals surface area contributed by atoms with Gasteiger partial charge in [0, 0.05) is 36.5 Å². The molecule has 0 aromatic heterocycles. The minimum atomic E-state index is -1.91. The molecular formula is C32H31F4NP2. The van der Waals surface area contributed by atoms with Gasteiger partial charge in [-0.1, -0.05) is 86.1 Å². The highest BCUT2D eigenvalue weighted by Gasteiger charge is 2.45. The Hall–Kier alpha value is -2.58. The second-order valence-electron chi connectivity index (χ2n) is 9.72. The number of unbranched alkanes of at least 4 members (excludes halogenated alkanes) is 1. The lowest BCUT2D eigenvalue weighted by Crippen LogP contribution is -2.31. The van der Waals surface area contributed by atoms with E-state index in [1.165, 1.54) is 35.4 Å². The Bertz CT molecular complexity index is 1290. The lowest BCUT2D eigenvalue weighted by Gasteiger charge is -2.42. The summed E-state index contributed by atoms with van der Waals surface area (Å²) in [5.41, 5.74) is 2.69. The van der Waals surface area contributed by atoms with E-state index >= 15 is 8.78 Å². The zero-order valence-corrected chi connectivity index (χ0v) is 23.6. The molecular weight excluding hydrogens is 536 g/mol. The Morgan fingerprint density at radius 2 is 1.13 bits per heavy atom. The summed E-state index contributed by atoms with van der Waals surface area (Å²) in [4.78, 5) is 0. The van der Waals surface area contributed by atoms with Gasteiger partial charge in [0.2, 0.25) is 0 Å². The Morgan fingerprint density at radius 1 is 0.667 bits per heavy atom. The lowest BCUT2D eigenvalue weighted by molar-refractivity contribution is 0.511. The number of nitrogens with zero attached hydrogens (tertiary/aromatic N) is 1. The quantitative estimate of drug-likeness (QED) is 0.144. The summed E-state index contributed by atoms with van der Waals surface area (Å²) in [6, 6.07) is 28.7. The van der Waals surface area contributed by atoms with Crippen LogP contribution in [0.25, 0.3) is 0 Å². The summed E-state index contributed by atoms with van der Waals surface area (Å²) in [5.74, 6) is -3.94. The normalized spacial score (nSPS) is 19.2. The van der Waals surface area contributed by atoms with Crippen molar-refractivity contribution >= 4 is 26.8 Å². The van der Waals surface area contributed by atoms with Crippen LogP contribution >= 0.6 is 16.1 Å². The standard InChI is InChI=1S/C32H31F4NP2/c1-2-3-22-37(39(29-18-10-16-25(33)31(29)35)30-19-11-17-26(34)32(30)36)38-27(23-12-6-4-7-13-23)20-21-28(38)24-14-8-5-9-15-24/h4-19,27-28H,2-3,20-22H2,1H3/t27-,28?,38?/m0/s1. The van der Waals surface area contributed by atoms with Gasteiger partial charge in [0.1, 0.15) is 0 Å². The van der Waals surface area contributed by atoms with E-state index in [-0.39, 0.29) is 21.9 Å². The zero-order valence-electron chi connectivity index (χ0n) is 21.8. The molecule has 0 aliphatic carbocycles. The molecule has 202 valence electrons.